The Morgan fingerprint density at radius 3 is 2.82 bits per heavy atom. The van der Waals surface area contributed by atoms with Gasteiger partial charge < -0.3 is 0 Å². The molecule has 6 nitrogen and oxygen atoms in total. The highest BCUT2D eigenvalue weighted by molar-refractivity contribution is 9.08. The zero-order valence-electron chi connectivity index (χ0n) is 8.38. The maximum atomic E-state index is 10.6. The first-order chi connectivity index (χ1) is 8.11. The minimum absolute atomic E-state index is 0.0726. The molecule has 0 saturated heterocycles. The highest BCUT2D eigenvalue weighted by Gasteiger charge is 2.13. The molecule has 0 aliphatic heterocycles. The van der Waals surface area contributed by atoms with Crippen LogP contribution in [0.5, 0.6) is 0 Å². The fourth-order valence-electron chi connectivity index (χ4n) is 1.27. The van der Waals surface area contributed by atoms with Crippen LogP contribution in [0.25, 0.3) is 5.69 Å². The molecule has 0 N–H and O–H groups in total. The van der Waals surface area contributed by atoms with Gasteiger partial charge in [0, 0.05) is 11.4 Å². The van der Waals surface area contributed by atoms with E-state index in [0.717, 1.165) is 5.69 Å². The second-order valence-electron chi connectivity index (χ2n) is 3.18. The van der Waals surface area contributed by atoms with Crippen LogP contribution in [0.3, 0.4) is 0 Å². The molecule has 0 aliphatic rings. The number of aromatic nitrogens is 3. The number of nitro groups is 1. The lowest BCUT2D eigenvalue weighted by molar-refractivity contribution is -0.384. The molecular weight excluding hydrogens is 311 g/mol. The molecular formula is C9H6BrClN4O2. The van der Waals surface area contributed by atoms with Gasteiger partial charge in [-0.05, 0) is 12.1 Å². The second kappa shape index (κ2) is 4.80. The van der Waals surface area contributed by atoms with Crippen molar-refractivity contribution in [2.24, 2.45) is 0 Å². The molecule has 1 aromatic heterocycles. The van der Waals surface area contributed by atoms with Gasteiger partial charge in [-0.1, -0.05) is 32.7 Å². The van der Waals surface area contributed by atoms with Gasteiger partial charge in [-0.3, -0.25) is 10.1 Å². The Morgan fingerprint density at radius 2 is 2.29 bits per heavy atom. The lowest BCUT2D eigenvalue weighted by Gasteiger charge is -2.00. The minimum atomic E-state index is -0.530. The summed E-state index contributed by atoms with van der Waals surface area (Å²) in [6.45, 7) is 0. The number of rotatable bonds is 3. The van der Waals surface area contributed by atoms with E-state index in [-0.39, 0.29) is 10.7 Å². The van der Waals surface area contributed by atoms with Gasteiger partial charge in [0.15, 0.2) is 0 Å². The van der Waals surface area contributed by atoms with E-state index in [0.29, 0.717) is 11.0 Å². The molecule has 0 amide bonds. The van der Waals surface area contributed by atoms with Crippen LogP contribution in [0.4, 0.5) is 5.69 Å². The molecule has 17 heavy (non-hydrogen) atoms. The van der Waals surface area contributed by atoms with Crippen molar-refractivity contribution in [1.29, 1.82) is 0 Å². The fraction of sp³-hybridized carbons (Fsp3) is 0.111. The third kappa shape index (κ3) is 2.45. The summed E-state index contributed by atoms with van der Waals surface area (Å²) in [5.74, 6) is 0. The number of benzene rings is 1. The van der Waals surface area contributed by atoms with E-state index in [1.54, 1.807) is 12.3 Å². The summed E-state index contributed by atoms with van der Waals surface area (Å²) in [6.07, 6.45) is 1.71. The maximum absolute atomic E-state index is 10.6. The summed E-state index contributed by atoms with van der Waals surface area (Å²) in [5, 5.41) is 19.0. The number of nitrogens with zero attached hydrogens (tertiary/aromatic N) is 4. The van der Waals surface area contributed by atoms with Crippen LogP contribution in [0, 0.1) is 10.1 Å². The monoisotopic (exact) mass is 316 g/mol. The van der Waals surface area contributed by atoms with Crippen LogP contribution in [-0.2, 0) is 5.33 Å². The standard InChI is InChI=1S/C9H6BrClN4O2/c10-4-6-5-14(13-12-6)7-1-2-9(15(16)17)8(11)3-7/h1-3,5H,4H2. The third-order valence-corrected chi connectivity index (χ3v) is 2.95. The van der Waals surface area contributed by atoms with Gasteiger partial charge >= 0.3 is 0 Å². The molecule has 2 rings (SSSR count). The van der Waals surface area contributed by atoms with Crippen LogP contribution in [0.2, 0.25) is 5.02 Å². The molecule has 0 spiro atoms. The van der Waals surface area contributed by atoms with Gasteiger partial charge in [-0.2, -0.15) is 0 Å². The van der Waals surface area contributed by atoms with Crippen molar-refractivity contribution in [2.45, 2.75) is 5.33 Å². The fourth-order valence-corrected chi connectivity index (χ4v) is 1.77. The Bertz CT molecular complexity index is 572. The second-order valence-corrected chi connectivity index (χ2v) is 4.15. The van der Waals surface area contributed by atoms with E-state index in [1.165, 1.54) is 16.8 Å². The molecule has 0 bridgehead atoms. The molecule has 0 aliphatic carbocycles. The van der Waals surface area contributed by atoms with Crippen LogP contribution in [-0.4, -0.2) is 19.9 Å². The van der Waals surface area contributed by atoms with Crippen LogP contribution < -0.4 is 0 Å². The van der Waals surface area contributed by atoms with Crippen molar-refractivity contribution in [3.05, 3.63) is 45.2 Å². The molecule has 0 fully saturated rings. The molecule has 1 aromatic carbocycles. The van der Waals surface area contributed by atoms with Crippen molar-refractivity contribution >= 4 is 33.2 Å². The maximum Gasteiger partial charge on any atom is 0.288 e. The summed E-state index contributed by atoms with van der Waals surface area (Å²) in [4.78, 5) is 10.1. The third-order valence-electron chi connectivity index (χ3n) is 2.07. The number of alkyl halides is 1. The Morgan fingerprint density at radius 1 is 1.53 bits per heavy atom. The summed E-state index contributed by atoms with van der Waals surface area (Å²) in [5.41, 5.74) is 1.26. The normalized spacial score (nSPS) is 10.5. The zero-order chi connectivity index (χ0) is 12.4. The largest absolute Gasteiger partial charge is 0.288 e. The van der Waals surface area contributed by atoms with Crippen LogP contribution >= 0.6 is 27.5 Å². The SMILES string of the molecule is O=[N+]([O-])c1ccc(-n2cc(CBr)nn2)cc1Cl. The highest BCUT2D eigenvalue weighted by Crippen LogP contribution is 2.26. The average molecular weight is 318 g/mol. The van der Waals surface area contributed by atoms with Crippen molar-refractivity contribution in [3.63, 3.8) is 0 Å². The van der Waals surface area contributed by atoms with E-state index in [2.05, 4.69) is 26.2 Å². The topological polar surface area (TPSA) is 73.8 Å². The predicted molar refractivity (Wildman–Crippen MR) is 65.7 cm³/mol. The first-order valence-corrected chi connectivity index (χ1v) is 6.03. The number of halogens is 2. The molecule has 0 saturated carbocycles. The molecule has 0 atom stereocenters. The van der Waals surface area contributed by atoms with Gasteiger partial charge in [-0.25, -0.2) is 4.68 Å². The van der Waals surface area contributed by atoms with Crippen molar-refractivity contribution in [1.82, 2.24) is 15.0 Å². The summed E-state index contributed by atoms with van der Waals surface area (Å²) >= 11 is 9.06. The number of hydrogen-bond acceptors (Lipinski definition) is 4. The van der Waals surface area contributed by atoms with Crippen molar-refractivity contribution < 1.29 is 4.92 Å². The first kappa shape index (κ1) is 12.0. The van der Waals surface area contributed by atoms with Gasteiger partial charge in [0.2, 0.25) is 0 Å². The van der Waals surface area contributed by atoms with Crippen LogP contribution in [0.1, 0.15) is 5.69 Å². The quantitative estimate of drug-likeness (QED) is 0.495. The molecule has 0 unspecified atom stereocenters. The van der Waals surface area contributed by atoms with Crippen molar-refractivity contribution in [2.75, 3.05) is 0 Å². The van der Waals surface area contributed by atoms with E-state index in [9.17, 15) is 10.1 Å². The molecule has 1 heterocycles. The van der Waals surface area contributed by atoms with Gasteiger partial charge in [0.05, 0.1) is 22.5 Å². The summed E-state index contributed by atoms with van der Waals surface area (Å²) in [6, 6.07) is 4.39. The Labute approximate surface area is 109 Å². The predicted octanol–water partition coefficient (Wildman–Crippen LogP) is 2.72. The van der Waals surface area contributed by atoms with Crippen molar-refractivity contribution in [3.8, 4) is 5.69 Å². The summed E-state index contributed by atoms with van der Waals surface area (Å²) < 4.78 is 1.51. The van der Waals surface area contributed by atoms with E-state index < -0.39 is 4.92 Å². The Balaban J connectivity index is 2.40. The van der Waals surface area contributed by atoms with E-state index >= 15 is 0 Å². The molecule has 8 heteroatoms. The average Bonchev–Trinajstić information content (AvgIpc) is 2.76. The van der Waals surface area contributed by atoms with Crippen LogP contribution in [0.15, 0.2) is 24.4 Å². The Hall–Kier alpha value is -1.47. The molecule has 88 valence electrons. The van der Waals surface area contributed by atoms with Gasteiger partial charge in [0.25, 0.3) is 5.69 Å². The molecule has 2 aromatic rings. The van der Waals surface area contributed by atoms with E-state index in [4.69, 9.17) is 11.6 Å². The summed E-state index contributed by atoms with van der Waals surface area (Å²) in [7, 11) is 0. The minimum Gasteiger partial charge on any atom is -0.258 e. The van der Waals surface area contributed by atoms with E-state index in [1.807, 2.05) is 0 Å². The van der Waals surface area contributed by atoms with Gasteiger partial charge in [-0.15, -0.1) is 5.10 Å². The highest BCUT2D eigenvalue weighted by atomic mass is 79.9. The molecule has 0 radical (unpaired) electrons. The number of nitro benzene ring substituents is 1. The smallest absolute Gasteiger partial charge is 0.258 e. The van der Waals surface area contributed by atoms with Gasteiger partial charge in [0.1, 0.15) is 5.02 Å². The first-order valence-electron chi connectivity index (χ1n) is 4.53. The number of hydrogen-bond donors (Lipinski definition) is 0. The zero-order valence-corrected chi connectivity index (χ0v) is 10.7. The lowest BCUT2D eigenvalue weighted by Crippen LogP contribution is -1.96. The lowest BCUT2D eigenvalue weighted by atomic mass is 10.3. The Kier molecular flexibility index (Phi) is 3.39.